The first-order valence-corrected chi connectivity index (χ1v) is 7.17. The van der Waals surface area contributed by atoms with E-state index in [1.54, 1.807) is 12.4 Å². The lowest BCUT2D eigenvalue weighted by molar-refractivity contribution is 0.827. The van der Waals surface area contributed by atoms with Gasteiger partial charge in [-0.3, -0.25) is 0 Å². The molecule has 2 heterocycles. The zero-order valence-electron chi connectivity index (χ0n) is 11.8. The topological polar surface area (TPSA) is 30.7 Å². The number of hydrogen-bond acceptors (Lipinski definition) is 2. The normalized spacial score (nSPS) is 11.3. The molecule has 0 aliphatic heterocycles. The molecule has 0 amide bonds. The van der Waals surface area contributed by atoms with E-state index in [9.17, 15) is 0 Å². The Morgan fingerprint density at radius 2 is 1.62 bits per heavy atom. The highest BCUT2D eigenvalue weighted by Crippen LogP contribution is 2.34. The van der Waals surface area contributed by atoms with E-state index in [-0.39, 0.29) is 0 Å². The smallest absolute Gasteiger partial charge is 0.161 e. The first-order chi connectivity index (χ1) is 10.4. The van der Waals surface area contributed by atoms with Gasteiger partial charge >= 0.3 is 0 Å². The molecule has 3 nitrogen and oxygen atoms in total. The lowest BCUT2D eigenvalue weighted by Gasteiger charge is -2.07. The van der Waals surface area contributed by atoms with Gasteiger partial charge < -0.3 is 4.57 Å². The van der Waals surface area contributed by atoms with Crippen molar-refractivity contribution in [2.24, 2.45) is 0 Å². The molecule has 102 valence electrons. The van der Waals surface area contributed by atoms with Gasteiger partial charge in [-0.15, -0.1) is 0 Å². The van der Waals surface area contributed by atoms with E-state index in [2.05, 4.69) is 63.9 Å². The highest BCUT2D eigenvalue weighted by Gasteiger charge is 2.14. The summed E-state index contributed by atoms with van der Waals surface area (Å²) in [6, 6.07) is 16.7. The monoisotopic (exact) mass is 273 g/mol. The Hall–Kier alpha value is -2.68. The molecule has 0 saturated heterocycles. The molecule has 0 aliphatic carbocycles. The van der Waals surface area contributed by atoms with Gasteiger partial charge in [-0.25, -0.2) is 9.97 Å². The molecule has 4 aromatic rings. The van der Waals surface area contributed by atoms with Crippen LogP contribution < -0.4 is 0 Å². The zero-order valence-corrected chi connectivity index (χ0v) is 11.8. The third kappa shape index (κ3) is 1.74. The summed E-state index contributed by atoms with van der Waals surface area (Å²) in [7, 11) is 0. The zero-order chi connectivity index (χ0) is 14.2. The summed E-state index contributed by atoms with van der Waals surface area (Å²) in [4.78, 5) is 8.84. The van der Waals surface area contributed by atoms with E-state index >= 15 is 0 Å². The Kier molecular flexibility index (Phi) is 2.71. The van der Waals surface area contributed by atoms with Crippen molar-refractivity contribution in [2.75, 3.05) is 0 Å². The Labute approximate surface area is 122 Å². The van der Waals surface area contributed by atoms with Crippen LogP contribution in [0.2, 0.25) is 0 Å². The van der Waals surface area contributed by atoms with E-state index in [0.29, 0.717) is 0 Å². The quantitative estimate of drug-likeness (QED) is 0.546. The maximum atomic E-state index is 4.42. The lowest BCUT2D eigenvalue weighted by Crippen LogP contribution is -1.96. The molecule has 0 radical (unpaired) electrons. The minimum atomic E-state index is 0.778. The van der Waals surface area contributed by atoms with Crippen molar-refractivity contribution >= 4 is 21.8 Å². The number of nitrogens with zero attached hydrogens (tertiary/aromatic N) is 3. The second kappa shape index (κ2) is 4.70. The molecule has 0 N–H and O–H groups in total. The lowest BCUT2D eigenvalue weighted by atomic mass is 10.1. The Balaban J connectivity index is 2.19. The van der Waals surface area contributed by atoms with E-state index in [0.717, 1.165) is 17.9 Å². The van der Waals surface area contributed by atoms with Crippen molar-refractivity contribution in [2.45, 2.75) is 13.5 Å². The number of benzene rings is 2. The van der Waals surface area contributed by atoms with Gasteiger partial charge in [0.2, 0.25) is 0 Å². The van der Waals surface area contributed by atoms with Gasteiger partial charge in [0.25, 0.3) is 0 Å². The fraction of sp³-hybridized carbons (Fsp3) is 0.111. The van der Waals surface area contributed by atoms with Crippen LogP contribution in [0.15, 0.2) is 60.9 Å². The van der Waals surface area contributed by atoms with Gasteiger partial charge in [-0.2, -0.15) is 0 Å². The van der Waals surface area contributed by atoms with Crippen molar-refractivity contribution in [3.63, 3.8) is 0 Å². The van der Waals surface area contributed by atoms with Crippen LogP contribution in [-0.2, 0) is 6.54 Å². The standard InChI is InChI=1S/C18H15N3/c1-2-21-16-10-4-3-7-13(16)14-8-5-9-15(17(14)21)18-19-11-6-12-20-18/h3-12H,2H2,1H3. The second-order valence-electron chi connectivity index (χ2n) is 5.04. The van der Waals surface area contributed by atoms with E-state index < -0.39 is 0 Å². The predicted octanol–water partition coefficient (Wildman–Crippen LogP) is 4.27. The summed E-state index contributed by atoms with van der Waals surface area (Å²) in [5.74, 6) is 0.778. The minimum absolute atomic E-state index is 0.778. The number of rotatable bonds is 2. The fourth-order valence-electron chi connectivity index (χ4n) is 3.06. The number of fused-ring (bicyclic) bond motifs is 3. The molecule has 0 spiro atoms. The maximum absolute atomic E-state index is 4.42. The van der Waals surface area contributed by atoms with Crippen LogP contribution >= 0.6 is 0 Å². The fourth-order valence-corrected chi connectivity index (χ4v) is 3.06. The van der Waals surface area contributed by atoms with Gasteiger partial charge in [0.1, 0.15) is 0 Å². The average Bonchev–Trinajstić information content (AvgIpc) is 2.89. The minimum Gasteiger partial charge on any atom is -0.340 e. The van der Waals surface area contributed by atoms with Crippen LogP contribution in [-0.4, -0.2) is 14.5 Å². The molecule has 0 fully saturated rings. The third-order valence-electron chi connectivity index (χ3n) is 3.91. The second-order valence-corrected chi connectivity index (χ2v) is 5.04. The van der Waals surface area contributed by atoms with Gasteiger partial charge in [0.05, 0.1) is 5.52 Å². The van der Waals surface area contributed by atoms with Crippen molar-refractivity contribution in [3.8, 4) is 11.4 Å². The van der Waals surface area contributed by atoms with E-state index in [1.165, 1.54) is 21.8 Å². The first kappa shape index (κ1) is 12.1. The van der Waals surface area contributed by atoms with Crippen molar-refractivity contribution in [3.05, 3.63) is 60.9 Å². The summed E-state index contributed by atoms with van der Waals surface area (Å²) in [6.07, 6.45) is 3.58. The molecule has 0 unspecified atom stereocenters. The molecule has 2 aromatic carbocycles. The molecule has 0 atom stereocenters. The first-order valence-electron chi connectivity index (χ1n) is 7.17. The van der Waals surface area contributed by atoms with E-state index in [1.807, 2.05) is 6.07 Å². The number of aryl methyl sites for hydroxylation is 1. The van der Waals surface area contributed by atoms with Crippen LogP contribution in [0.1, 0.15) is 6.92 Å². The highest BCUT2D eigenvalue weighted by atomic mass is 15.0. The molecule has 0 saturated carbocycles. The molecular formula is C18H15N3. The SMILES string of the molecule is CCn1c2ccccc2c2cccc(-c3ncccn3)c21. The molecule has 0 bridgehead atoms. The molecular weight excluding hydrogens is 258 g/mol. The summed E-state index contributed by atoms with van der Waals surface area (Å²) < 4.78 is 2.34. The Morgan fingerprint density at radius 1 is 0.857 bits per heavy atom. The maximum Gasteiger partial charge on any atom is 0.161 e. The van der Waals surface area contributed by atoms with Crippen LogP contribution in [0.4, 0.5) is 0 Å². The number of para-hydroxylation sites is 2. The van der Waals surface area contributed by atoms with Crippen LogP contribution in [0.3, 0.4) is 0 Å². The summed E-state index contributed by atoms with van der Waals surface area (Å²) in [5, 5.41) is 2.55. The molecule has 4 rings (SSSR count). The average molecular weight is 273 g/mol. The largest absolute Gasteiger partial charge is 0.340 e. The van der Waals surface area contributed by atoms with E-state index in [4.69, 9.17) is 0 Å². The van der Waals surface area contributed by atoms with Gasteiger partial charge in [-0.05, 0) is 25.1 Å². The third-order valence-corrected chi connectivity index (χ3v) is 3.91. The van der Waals surface area contributed by atoms with Crippen molar-refractivity contribution < 1.29 is 0 Å². The number of aromatic nitrogens is 3. The number of hydrogen-bond donors (Lipinski definition) is 0. The van der Waals surface area contributed by atoms with Crippen molar-refractivity contribution in [1.29, 1.82) is 0 Å². The Bertz CT molecular complexity index is 923. The summed E-state index contributed by atoms with van der Waals surface area (Å²) in [6.45, 7) is 3.10. The molecule has 21 heavy (non-hydrogen) atoms. The Morgan fingerprint density at radius 3 is 2.43 bits per heavy atom. The van der Waals surface area contributed by atoms with Gasteiger partial charge in [0.15, 0.2) is 5.82 Å². The summed E-state index contributed by atoms with van der Waals surface area (Å²) >= 11 is 0. The highest BCUT2D eigenvalue weighted by molar-refractivity contribution is 6.12. The molecule has 3 heteroatoms. The summed E-state index contributed by atoms with van der Waals surface area (Å²) in [5.41, 5.74) is 3.57. The van der Waals surface area contributed by atoms with Crippen LogP contribution in [0.25, 0.3) is 33.2 Å². The predicted molar refractivity (Wildman–Crippen MR) is 86.1 cm³/mol. The van der Waals surface area contributed by atoms with Gasteiger partial charge in [0, 0.05) is 40.8 Å². The molecule has 0 aliphatic rings. The molecule has 2 aromatic heterocycles. The van der Waals surface area contributed by atoms with Crippen LogP contribution in [0, 0.1) is 0 Å². The van der Waals surface area contributed by atoms with Crippen molar-refractivity contribution in [1.82, 2.24) is 14.5 Å². The van der Waals surface area contributed by atoms with Crippen LogP contribution in [0.5, 0.6) is 0 Å². The van der Waals surface area contributed by atoms with Gasteiger partial charge in [-0.1, -0.05) is 30.3 Å².